The molecule has 2 aliphatic rings. The molecule has 28 heavy (non-hydrogen) atoms. The lowest BCUT2D eigenvalue weighted by Crippen LogP contribution is -2.49. The second-order valence-electron chi connectivity index (χ2n) is 7.65. The molecule has 1 aromatic carbocycles. The molecule has 6 heteroatoms. The van der Waals surface area contributed by atoms with Gasteiger partial charge in [-0.05, 0) is 68.0 Å². The van der Waals surface area contributed by atoms with E-state index >= 15 is 0 Å². The number of pyridine rings is 1. The molecule has 2 amide bonds. The summed E-state index contributed by atoms with van der Waals surface area (Å²) in [7, 11) is 0. The standard InChI is InChI=1S/C22H24FN3O2/c23-18-10-7-16(8-11-18)21(27)25-20-12-9-17(14-24-20)22(28)26-13-3-5-15-4-1-2-6-19(15)26/h7-12,14-15,19H,1-6,13H2,(H,24,25,27)/t15-,19+/m0/s1. The highest BCUT2D eigenvalue weighted by atomic mass is 19.1. The van der Waals surface area contributed by atoms with Crippen molar-refractivity contribution < 1.29 is 14.0 Å². The minimum atomic E-state index is -0.393. The first-order valence-corrected chi connectivity index (χ1v) is 9.96. The van der Waals surface area contributed by atoms with Crippen LogP contribution < -0.4 is 5.32 Å². The summed E-state index contributed by atoms with van der Waals surface area (Å²) in [6.45, 7) is 0.809. The molecule has 1 aromatic heterocycles. The van der Waals surface area contributed by atoms with Gasteiger partial charge in [-0.25, -0.2) is 9.37 Å². The third-order valence-electron chi connectivity index (χ3n) is 5.86. The number of fused-ring (bicyclic) bond motifs is 1. The van der Waals surface area contributed by atoms with Crippen molar-refractivity contribution >= 4 is 17.6 Å². The summed E-state index contributed by atoms with van der Waals surface area (Å²) in [5, 5.41) is 2.67. The van der Waals surface area contributed by atoms with Crippen LogP contribution in [-0.2, 0) is 0 Å². The molecule has 1 N–H and O–H groups in total. The SMILES string of the molecule is O=C(Nc1ccc(C(=O)N2CCC[C@@H]3CCCC[C@H]32)cn1)c1ccc(F)cc1. The number of rotatable bonds is 3. The number of aromatic nitrogens is 1. The van der Waals surface area contributed by atoms with E-state index in [-0.39, 0.29) is 11.8 Å². The van der Waals surface area contributed by atoms with Gasteiger partial charge in [-0.3, -0.25) is 9.59 Å². The summed E-state index contributed by atoms with van der Waals surface area (Å²) in [5.41, 5.74) is 0.894. The van der Waals surface area contributed by atoms with Crippen molar-refractivity contribution in [1.29, 1.82) is 0 Å². The molecular weight excluding hydrogens is 357 g/mol. The largest absolute Gasteiger partial charge is 0.335 e. The minimum Gasteiger partial charge on any atom is -0.335 e. The van der Waals surface area contributed by atoms with Crippen LogP contribution in [-0.4, -0.2) is 34.3 Å². The Morgan fingerprint density at radius 3 is 2.43 bits per heavy atom. The van der Waals surface area contributed by atoms with Crippen LogP contribution in [0.15, 0.2) is 42.6 Å². The molecule has 146 valence electrons. The van der Waals surface area contributed by atoms with Gasteiger partial charge < -0.3 is 10.2 Å². The Morgan fingerprint density at radius 2 is 1.68 bits per heavy atom. The number of likely N-dealkylation sites (tertiary alicyclic amines) is 1. The van der Waals surface area contributed by atoms with E-state index in [2.05, 4.69) is 10.3 Å². The fourth-order valence-electron chi connectivity index (χ4n) is 4.43. The molecule has 2 fully saturated rings. The Labute approximate surface area is 164 Å². The highest BCUT2D eigenvalue weighted by Crippen LogP contribution is 2.35. The number of piperidine rings is 1. The van der Waals surface area contributed by atoms with E-state index in [1.165, 1.54) is 56.1 Å². The van der Waals surface area contributed by atoms with E-state index in [1.54, 1.807) is 12.1 Å². The molecular formula is C22H24FN3O2. The zero-order valence-corrected chi connectivity index (χ0v) is 15.7. The lowest BCUT2D eigenvalue weighted by Gasteiger charge is -2.44. The molecule has 1 aliphatic heterocycles. The molecule has 1 saturated carbocycles. The van der Waals surface area contributed by atoms with Gasteiger partial charge in [-0.15, -0.1) is 0 Å². The number of carbonyl (C=O) groups is 2. The van der Waals surface area contributed by atoms with Crippen LogP contribution in [0.3, 0.4) is 0 Å². The molecule has 0 radical (unpaired) electrons. The Kier molecular flexibility index (Phi) is 5.37. The van der Waals surface area contributed by atoms with Crippen molar-refractivity contribution in [1.82, 2.24) is 9.88 Å². The van der Waals surface area contributed by atoms with E-state index in [9.17, 15) is 14.0 Å². The maximum absolute atomic E-state index is 13.0. The van der Waals surface area contributed by atoms with E-state index < -0.39 is 5.82 Å². The summed E-state index contributed by atoms with van der Waals surface area (Å²) in [6, 6.07) is 9.01. The fraction of sp³-hybridized carbons (Fsp3) is 0.409. The van der Waals surface area contributed by atoms with Gasteiger partial charge >= 0.3 is 0 Å². The predicted octanol–water partition coefficient (Wildman–Crippen LogP) is 4.27. The maximum atomic E-state index is 13.0. The van der Waals surface area contributed by atoms with Crippen LogP contribution in [0.25, 0.3) is 0 Å². The van der Waals surface area contributed by atoms with Crippen LogP contribution in [0.2, 0.25) is 0 Å². The minimum absolute atomic E-state index is 0.0283. The normalized spacial score (nSPS) is 21.7. The number of hydrogen-bond donors (Lipinski definition) is 1. The monoisotopic (exact) mass is 381 g/mol. The first-order chi connectivity index (χ1) is 13.6. The number of benzene rings is 1. The summed E-state index contributed by atoms with van der Waals surface area (Å²) in [4.78, 5) is 31.5. The third kappa shape index (κ3) is 3.91. The number of halogens is 1. The molecule has 0 spiro atoms. The van der Waals surface area contributed by atoms with Gasteiger partial charge in [0.25, 0.3) is 11.8 Å². The first-order valence-electron chi connectivity index (χ1n) is 9.96. The van der Waals surface area contributed by atoms with Gasteiger partial charge in [0.15, 0.2) is 0 Å². The van der Waals surface area contributed by atoms with Gasteiger partial charge in [-0.2, -0.15) is 0 Å². The summed E-state index contributed by atoms with van der Waals surface area (Å²) in [5.74, 6) is 0.261. The number of hydrogen-bond acceptors (Lipinski definition) is 3. The molecule has 0 unspecified atom stereocenters. The fourth-order valence-corrected chi connectivity index (χ4v) is 4.43. The summed E-state index contributed by atoms with van der Waals surface area (Å²) in [6.07, 6.45) is 8.59. The molecule has 1 aliphatic carbocycles. The Balaban J connectivity index is 1.43. The average molecular weight is 381 g/mol. The van der Waals surface area contributed by atoms with E-state index in [1.807, 2.05) is 4.90 Å². The average Bonchev–Trinajstić information content (AvgIpc) is 2.74. The van der Waals surface area contributed by atoms with Crippen LogP contribution in [0.1, 0.15) is 59.2 Å². The lowest BCUT2D eigenvalue weighted by atomic mass is 9.78. The van der Waals surface area contributed by atoms with Crippen molar-refractivity contribution in [2.24, 2.45) is 5.92 Å². The van der Waals surface area contributed by atoms with Crippen LogP contribution in [0, 0.1) is 11.7 Å². The summed E-state index contributed by atoms with van der Waals surface area (Å²) >= 11 is 0. The smallest absolute Gasteiger partial charge is 0.256 e. The number of carbonyl (C=O) groups excluding carboxylic acids is 2. The molecule has 4 rings (SSSR count). The molecule has 0 bridgehead atoms. The van der Waals surface area contributed by atoms with E-state index in [0.29, 0.717) is 28.9 Å². The van der Waals surface area contributed by atoms with Crippen LogP contribution in [0.4, 0.5) is 10.2 Å². The second-order valence-corrected chi connectivity index (χ2v) is 7.65. The zero-order chi connectivity index (χ0) is 19.5. The second kappa shape index (κ2) is 8.09. The van der Waals surface area contributed by atoms with Crippen molar-refractivity contribution in [2.75, 3.05) is 11.9 Å². The topological polar surface area (TPSA) is 62.3 Å². The van der Waals surface area contributed by atoms with E-state index in [0.717, 1.165) is 19.4 Å². The highest BCUT2D eigenvalue weighted by Gasteiger charge is 2.36. The van der Waals surface area contributed by atoms with Gasteiger partial charge in [0.1, 0.15) is 11.6 Å². The molecule has 1 saturated heterocycles. The van der Waals surface area contributed by atoms with Gasteiger partial charge in [0.2, 0.25) is 0 Å². The van der Waals surface area contributed by atoms with Crippen molar-refractivity contribution in [2.45, 2.75) is 44.6 Å². The Bertz CT molecular complexity index is 849. The third-order valence-corrected chi connectivity index (χ3v) is 5.86. The van der Waals surface area contributed by atoms with Crippen LogP contribution in [0.5, 0.6) is 0 Å². The van der Waals surface area contributed by atoms with Crippen LogP contribution >= 0.6 is 0 Å². The van der Waals surface area contributed by atoms with Crippen molar-refractivity contribution in [3.05, 3.63) is 59.5 Å². The number of anilines is 1. The van der Waals surface area contributed by atoms with Gasteiger partial charge in [0.05, 0.1) is 5.56 Å². The Hall–Kier alpha value is -2.76. The predicted molar refractivity (Wildman–Crippen MR) is 105 cm³/mol. The maximum Gasteiger partial charge on any atom is 0.256 e. The first kappa shape index (κ1) is 18.6. The molecule has 5 nitrogen and oxygen atoms in total. The van der Waals surface area contributed by atoms with Crippen molar-refractivity contribution in [3.8, 4) is 0 Å². The Morgan fingerprint density at radius 1 is 0.964 bits per heavy atom. The van der Waals surface area contributed by atoms with Gasteiger partial charge in [-0.1, -0.05) is 12.8 Å². The quantitative estimate of drug-likeness (QED) is 0.864. The van der Waals surface area contributed by atoms with Gasteiger partial charge in [0, 0.05) is 24.3 Å². The van der Waals surface area contributed by atoms with Crippen molar-refractivity contribution in [3.63, 3.8) is 0 Å². The number of amides is 2. The molecule has 2 aromatic rings. The molecule has 2 atom stereocenters. The summed E-state index contributed by atoms with van der Waals surface area (Å²) < 4.78 is 13.0. The highest BCUT2D eigenvalue weighted by molar-refractivity contribution is 6.04. The zero-order valence-electron chi connectivity index (χ0n) is 15.7. The number of nitrogens with one attached hydrogen (secondary N) is 1. The number of nitrogens with zero attached hydrogens (tertiary/aromatic N) is 2. The molecule has 2 heterocycles. The van der Waals surface area contributed by atoms with E-state index in [4.69, 9.17) is 0 Å². The lowest BCUT2D eigenvalue weighted by molar-refractivity contribution is 0.0390.